The third kappa shape index (κ3) is 12.5. The average Bonchev–Trinajstić information content (AvgIpc) is 2.29. The molecule has 98 valence electrons. The Kier molecular flexibility index (Phi) is 14.0. The molecule has 0 aromatic heterocycles. The van der Waals surface area contributed by atoms with Gasteiger partial charge in [0.15, 0.2) is 0 Å². The molecule has 0 unspecified atom stereocenters. The summed E-state index contributed by atoms with van der Waals surface area (Å²) in [4.78, 5) is 0. The fourth-order valence-corrected chi connectivity index (χ4v) is 2.58. The van der Waals surface area contributed by atoms with Crippen molar-refractivity contribution < 1.29 is 0 Å². The van der Waals surface area contributed by atoms with Crippen molar-refractivity contribution in [2.24, 2.45) is 5.92 Å². The molecular weight excluding hydrogens is 260 g/mol. The van der Waals surface area contributed by atoms with Crippen LogP contribution in [0.3, 0.4) is 0 Å². The fraction of sp³-hybridized carbons (Fsp3) is 1.00. The van der Waals surface area contributed by atoms with Crippen LogP contribution in [0.2, 0.25) is 0 Å². The van der Waals surface area contributed by atoms with E-state index >= 15 is 0 Å². The molecule has 1 heteroatoms. The summed E-state index contributed by atoms with van der Waals surface area (Å²) in [7, 11) is 0. The standard InChI is InChI=1S/C15H31Br/c1-3-4-5-6-7-9-12-15(2)13-10-8-11-14-16/h15H,3-14H2,1-2H3/t15-/m0/s1. The third-order valence-electron chi connectivity index (χ3n) is 3.38. The predicted octanol–water partition coefficient (Wildman–Crippen LogP) is 6.33. The van der Waals surface area contributed by atoms with Crippen LogP contribution in [0.4, 0.5) is 0 Å². The largest absolute Gasteiger partial charge is 0.0928 e. The second kappa shape index (κ2) is 13.5. The lowest BCUT2D eigenvalue weighted by Gasteiger charge is -2.10. The summed E-state index contributed by atoms with van der Waals surface area (Å²) < 4.78 is 0. The molecule has 0 amide bonds. The Bertz CT molecular complexity index is 123. The minimum Gasteiger partial charge on any atom is -0.0928 e. The topological polar surface area (TPSA) is 0 Å². The molecule has 0 fully saturated rings. The first-order chi connectivity index (χ1) is 7.81. The van der Waals surface area contributed by atoms with Crippen molar-refractivity contribution in [2.45, 2.75) is 84.5 Å². The van der Waals surface area contributed by atoms with Crippen LogP contribution in [0.15, 0.2) is 0 Å². The van der Waals surface area contributed by atoms with E-state index in [4.69, 9.17) is 0 Å². The second-order valence-electron chi connectivity index (χ2n) is 5.20. The average molecular weight is 291 g/mol. The zero-order chi connectivity index (χ0) is 12.1. The summed E-state index contributed by atoms with van der Waals surface area (Å²) >= 11 is 3.49. The molecule has 0 radical (unpaired) electrons. The van der Waals surface area contributed by atoms with Gasteiger partial charge in [-0.05, 0) is 12.3 Å². The zero-order valence-corrected chi connectivity index (χ0v) is 13.0. The van der Waals surface area contributed by atoms with E-state index in [1.54, 1.807) is 0 Å². The smallest absolute Gasteiger partial charge is 0.00313 e. The first-order valence-corrected chi connectivity index (χ1v) is 8.49. The number of hydrogen-bond acceptors (Lipinski definition) is 0. The second-order valence-corrected chi connectivity index (χ2v) is 5.99. The molecule has 0 aliphatic heterocycles. The molecule has 0 saturated carbocycles. The van der Waals surface area contributed by atoms with Crippen molar-refractivity contribution in [1.29, 1.82) is 0 Å². The van der Waals surface area contributed by atoms with E-state index in [0.29, 0.717) is 0 Å². The van der Waals surface area contributed by atoms with Crippen LogP contribution in [0.25, 0.3) is 0 Å². The number of halogens is 1. The van der Waals surface area contributed by atoms with Gasteiger partial charge in [-0.2, -0.15) is 0 Å². The van der Waals surface area contributed by atoms with Crippen molar-refractivity contribution in [2.75, 3.05) is 5.33 Å². The normalized spacial score (nSPS) is 12.9. The van der Waals surface area contributed by atoms with Crippen LogP contribution in [0, 0.1) is 5.92 Å². The quantitative estimate of drug-likeness (QED) is 0.291. The summed E-state index contributed by atoms with van der Waals surface area (Å²) in [6.45, 7) is 4.72. The molecule has 0 bridgehead atoms. The Morgan fingerprint density at radius 2 is 1.25 bits per heavy atom. The van der Waals surface area contributed by atoms with Crippen LogP contribution in [0.1, 0.15) is 84.5 Å². The van der Waals surface area contributed by atoms with Crippen molar-refractivity contribution in [1.82, 2.24) is 0 Å². The van der Waals surface area contributed by atoms with Crippen LogP contribution >= 0.6 is 15.9 Å². The van der Waals surface area contributed by atoms with E-state index in [2.05, 4.69) is 29.8 Å². The first kappa shape index (κ1) is 16.5. The molecule has 1 atom stereocenters. The van der Waals surface area contributed by atoms with Crippen LogP contribution < -0.4 is 0 Å². The van der Waals surface area contributed by atoms with E-state index in [9.17, 15) is 0 Å². The monoisotopic (exact) mass is 290 g/mol. The highest BCUT2D eigenvalue weighted by Gasteiger charge is 2.01. The van der Waals surface area contributed by atoms with Crippen LogP contribution in [0.5, 0.6) is 0 Å². The Labute approximate surface area is 112 Å². The van der Waals surface area contributed by atoms with E-state index in [1.807, 2.05) is 0 Å². The van der Waals surface area contributed by atoms with Crippen molar-refractivity contribution in [3.8, 4) is 0 Å². The number of hydrogen-bond donors (Lipinski definition) is 0. The maximum Gasteiger partial charge on any atom is 0.00313 e. The van der Waals surface area contributed by atoms with Gasteiger partial charge in [-0.25, -0.2) is 0 Å². The van der Waals surface area contributed by atoms with Crippen LogP contribution in [-0.4, -0.2) is 5.33 Å². The number of unbranched alkanes of at least 4 members (excludes halogenated alkanes) is 7. The molecule has 0 heterocycles. The summed E-state index contributed by atoms with van der Waals surface area (Å²) in [5, 5.41) is 1.18. The summed E-state index contributed by atoms with van der Waals surface area (Å²) in [5.74, 6) is 0.960. The van der Waals surface area contributed by atoms with Gasteiger partial charge < -0.3 is 0 Å². The van der Waals surface area contributed by atoms with Crippen molar-refractivity contribution in [3.63, 3.8) is 0 Å². The van der Waals surface area contributed by atoms with Crippen LogP contribution in [-0.2, 0) is 0 Å². The summed E-state index contributed by atoms with van der Waals surface area (Å²) in [6.07, 6.45) is 15.7. The highest BCUT2D eigenvalue weighted by Crippen LogP contribution is 2.17. The van der Waals surface area contributed by atoms with Gasteiger partial charge in [0.05, 0.1) is 0 Å². The highest BCUT2D eigenvalue weighted by atomic mass is 79.9. The van der Waals surface area contributed by atoms with Gasteiger partial charge in [-0.15, -0.1) is 0 Å². The maximum absolute atomic E-state index is 3.49. The minimum atomic E-state index is 0.960. The summed E-state index contributed by atoms with van der Waals surface area (Å²) in [5.41, 5.74) is 0. The lowest BCUT2D eigenvalue weighted by Crippen LogP contribution is -1.95. The van der Waals surface area contributed by atoms with Gasteiger partial charge in [-0.1, -0.05) is 94.0 Å². The third-order valence-corrected chi connectivity index (χ3v) is 3.94. The van der Waals surface area contributed by atoms with E-state index in [-0.39, 0.29) is 0 Å². The Morgan fingerprint density at radius 1 is 0.750 bits per heavy atom. The molecule has 0 N–H and O–H groups in total. The number of alkyl halides is 1. The lowest BCUT2D eigenvalue weighted by atomic mass is 9.96. The van der Waals surface area contributed by atoms with Gasteiger partial charge in [0, 0.05) is 5.33 Å². The van der Waals surface area contributed by atoms with Gasteiger partial charge in [0.2, 0.25) is 0 Å². The van der Waals surface area contributed by atoms with E-state index < -0.39 is 0 Å². The van der Waals surface area contributed by atoms with Crippen molar-refractivity contribution in [3.05, 3.63) is 0 Å². The molecule has 0 nitrogen and oxygen atoms in total. The fourth-order valence-electron chi connectivity index (χ4n) is 2.18. The first-order valence-electron chi connectivity index (χ1n) is 7.37. The molecular formula is C15H31Br. The Morgan fingerprint density at radius 3 is 1.81 bits per heavy atom. The molecule has 0 spiro atoms. The highest BCUT2D eigenvalue weighted by molar-refractivity contribution is 9.09. The zero-order valence-electron chi connectivity index (χ0n) is 11.4. The lowest BCUT2D eigenvalue weighted by molar-refractivity contribution is 0.437. The molecule has 0 rings (SSSR count). The molecule has 0 aromatic rings. The minimum absolute atomic E-state index is 0.960. The van der Waals surface area contributed by atoms with E-state index in [1.165, 1.54) is 76.0 Å². The van der Waals surface area contributed by atoms with Crippen molar-refractivity contribution >= 4 is 15.9 Å². The Balaban J connectivity index is 3.08. The van der Waals surface area contributed by atoms with E-state index in [0.717, 1.165) is 5.92 Å². The number of rotatable bonds is 12. The van der Waals surface area contributed by atoms with Gasteiger partial charge in [0.25, 0.3) is 0 Å². The van der Waals surface area contributed by atoms with Gasteiger partial charge in [-0.3, -0.25) is 0 Å². The summed E-state index contributed by atoms with van der Waals surface area (Å²) in [6, 6.07) is 0. The predicted molar refractivity (Wildman–Crippen MR) is 79.4 cm³/mol. The molecule has 0 aliphatic rings. The van der Waals surface area contributed by atoms with Gasteiger partial charge in [0.1, 0.15) is 0 Å². The molecule has 0 aliphatic carbocycles. The van der Waals surface area contributed by atoms with Gasteiger partial charge >= 0.3 is 0 Å². The Hall–Kier alpha value is 0.480. The molecule has 16 heavy (non-hydrogen) atoms. The molecule has 0 aromatic carbocycles. The molecule has 0 saturated heterocycles. The SMILES string of the molecule is CCCCCCCC[C@H](C)CCCCCBr. The maximum atomic E-state index is 3.49.